The lowest BCUT2D eigenvalue weighted by molar-refractivity contribution is -0.105. The Morgan fingerprint density at radius 2 is 2.30 bits per heavy atom. The summed E-state index contributed by atoms with van der Waals surface area (Å²) in [4.78, 5) is 10.2. The normalized spacial score (nSPS) is 33.2. The predicted molar refractivity (Wildman–Crippen MR) is 35.4 cm³/mol. The van der Waals surface area contributed by atoms with Gasteiger partial charge in [-0.2, -0.15) is 0 Å². The second kappa shape index (κ2) is 2.94. The van der Waals surface area contributed by atoms with Crippen molar-refractivity contribution < 1.29 is 15.0 Å². The Morgan fingerprint density at radius 3 is 2.80 bits per heavy atom. The van der Waals surface area contributed by atoms with E-state index in [1.165, 1.54) is 6.08 Å². The molecule has 1 aliphatic rings. The zero-order valence-corrected chi connectivity index (χ0v) is 5.53. The molecule has 0 aromatic rings. The lowest BCUT2D eigenvalue weighted by Crippen LogP contribution is -2.27. The monoisotopic (exact) mass is 142 g/mol. The molecule has 0 fully saturated rings. The van der Waals surface area contributed by atoms with Crippen molar-refractivity contribution in [1.29, 1.82) is 0 Å². The zero-order chi connectivity index (χ0) is 7.56. The van der Waals surface area contributed by atoms with Crippen LogP contribution in [-0.4, -0.2) is 28.7 Å². The van der Waals surface area contributed by atoms with Gasteiger partial charge in [-0.05, 0) is 24.5 Å². The molecule has 10 heavy (non-hydrogen) atoms. The van der Waals surface area contributed by atoms with Gasteiger partial charge in [0.15, 0.2) is 0 Å². The Morgan fingerprint density at radius 1 is 1.60 bits per heavy atom. The molecule has 0 aliphatic heterocycles. The molecule has 0 saturated carbocycles. The smallest absolute Gasteiger partial charge is 0.145 e. The van der Waals surface area contributed by atoms with Crippen LogP contribution in [0.3, 0.4) is 0 Å². The van der Waals surface area contributed by atoms with Gasteiger partial charge in [-0.1, -0.05) is 0 Å². The fourth-order valence-electron chi connectivity index (χ4n) is 0.997. The Labute approximate surface area is 59.0 Å². The molecule has 56 valence electrons. The quantitative estimate of drug-likeness (QED) is 0.491. The van der Waals surface area contributed by atoms with Gasteiger partial charge in [-0.25, -0.2) is 0 Å². The molecule has 3 nitrogen and oxygen atoms in total. The van der Waals surface area contributed by atoms with Crippen molar-refractivity contribution >= 4 is 6.29 Å². The Balaban J connectivity index is 2.65. The minimum absolute atomic E-state index is 0.478. The fraction of sp³-hybridized carbons (Fsp3) is 0.571. The molecule has 1 rings (SSSR count). The van der Waals surface area contributed by atoms with Gasteiger partial charge < -0.3 is 10.2 Å². The number of hydrogen-bond donors (Lipinski definition) is 2. The van der Waals surface area contributed by atoms with Gasteiger partial charge in [0.2, 0.25) is 0 Å². The highest BCUT2D eigenvalue weighted by molar-refractivity contribution is 5.73. The summed E-state index contributed by atoms with van der Waals surface area (Å²) >= 11 is 0. The number of hydrogen-bond acceptors (Lipinski definition) is 3. The van der Waals surface area contributed by atoms with E-state index in [4.69, 9.17) is 10.2 Å². The van der Waals surface area contributed by atoms with Crippen molar-refractivity contribution in [2.75, 3.05) is 0 Å². The van der Waals surface area contributed by atoms with E-state index in [1.807, 2.05) is 0 Å². The highest BCUT2D eigenvalue weighted by Crippen LogP contribution is 2.16. The summed E-state index contributed by atoms with van der Waals surface area (Å²) in [7, 11) is 0. The first-order valence-corrected chi connectivity index (χ1v) is 3.26. The maximum absolute atomic E-state index is 10.2. The first kappa shape index (κ1) is 7.44. The zero-order valence-electron chi connectivity index (χ0n) is 5.53. The van der Waals surface area contributed by atoms with Crippen LogP contribution in [0.15, 0.2) is 11.6 Å². The van der Waals surface area contributed by atoms with Crippen LogP contribution in [0.5, 0.6) is 0 Å². The molecule has 2 atom stereocenters. The molecule has 0 spiro atoms. The van der Waals surface area contributed by atoms with Crippen LogP contribution >= 0.6 is 0 Å². The van der Waals surface area contributed by atoms with Crippen molar-refractivity contribution in [3.63, 3.8) is 0 Å². The standard InChI is InChI=1S/C7H10O3/c8-4-5-1-2-6(9)7(10)3-5/h3-4,6-7,9-10H,1-2H2. The largest absolute Gasteiger partial charge is 0.390 e. The van der Waals surface area contributed by atoms with Crippen LogP contribution in [0, 0.1) is 0 Å². The van der Waals surface area contributed by atoms with Crippen LogP contribution in [0.25, 0.3) is 0 Å². The summed E-state index contributed by atoms with van der Waals surface area (Å²) in [5.41, 5.74) is 0.581. The van der Waals surface area contributed by atoms with Gasteiger partial charge >= 0.3 is 0 Å². The summed E-state index contributed by atoms with van der Waals surface area (Å²) in [6.45, 7) is 0. The van der Waals surface area contributed by atoms with Gasteiger partial charge in [0.1, 0.15) is 6.29 Å². The summed E-state index contributed by atoms with van der Waals surface area (Å²) < 4.78 is 0. The number of carbonyl (C=O) groups is 1. The predicted octanol–water partition coefficient (Wildman–Crippen LogP) is -0.373. The average molecular weight is 142 g/mol. The van der Waals surface area contributed by atoms with Crippen LogP contribution < -0.4 is 0 Å². The van der Waals surface area contributed by atoms with E-state index in [0.717, 1.165) is 6.29 Å². The van der Waals surface area contributed by atoms with Gasteiger partial charge in [0.25, 0.3) is 0 Å². The third kappa shape index (κ3) is 1.43. The minimum atomic E-state index is -0.853. The lowest BCUT2D eigenvalue weighted by atomic mass is 9.96. The third-order valence-electron chi connectivity index (χ3n) is 1.66. The molecule has 2 unspecified atom stereocenters. The van der Waals surface area contributed by atoms with Gasteiger partial charge in [0, 0.05) is 0 Å². The number of allylic oxidation sites excluding steroid dienone is 1. The summed E-state index contributed by atoms with van der Waals surface area (Å²) in [6.07, 6.45) is 1.63. The third-order valence-corrected chi connectivity index (χ3v) is 1.66. The Kier molecular flexibility index (Phi) is 2.19. The molecule has 0 saturated heterocycles. The van der Waals surface area contributed by atoms with Crippen LogP contribution in [0.4, 0.5) is 0 Å². The van der Waals surface area contributed by atoms with E-state index >= 15 is 0 Å². The van der Waals surface area contributed by atoms with E-state index in [2.05, 4.69) is 0 Å². The summed E-state index contributed by atoms with van der Waals surface area (Å²) in [5, 5.41) is 18.0. The average Bonchev–Trinajstić information content (AvgIpc) is 1.95. The topological polar surface area (TPSA) is 57.5 Å². The maximum atomic E-state index is 10.2. The maximum Gasteiger partial charge on any atom is 0.145 e. The molecule has 0 bridgehead atoms. The number of aliphatic hydroxyl groups is 2. The number of carbonyl (C=O) groups excluding carboxylic acids is 1. The van der Waals surface area contributed by atoms with Gasteiger partial charge in [-0.3, -0.25) is 4.79 Å². The van der Waals surface area contributed by atoms with Crippen LogP contribution in [0.2, 0.25) is 0 Å². The van der Waals surface area contributed by atoms with Crippen LogP contribution in [0.1, 0.15) is 12.8 Å². The van der Waals surface area contributed by atoms with E-state index in [-0.39, 0.29) is 0 Å². The summed E-state index contributed by atoms with van der Waals surface area (Å²) in [6, 6.07) is 0. The highest BCUT2D eigenvalue weighted by Gasteiger charge is 2.19. The Hall–Kier alpha value is -0.670. The molecule has 0 radical (unpaired) electrons. The molecule has 0 aromatic carbocycles. The van der Waals surface area contributed by atoms with E-state index in [9.17, 15) is 4.79 Å². The first-order valence-electron chi connectivity index (χ1n) is 3.26. The van der Waals surface area contributed by atoms with E-state index < -0.39 is 12.2 Å². The Bertz CT molecular complexity index is 162. The molecule has 0 amide bonds. The minimum Gasteiger partial charge on any atom is -0.390 e. The molecule has 3 heteroatoms. The molecule has 0 aromatic heterocycles. The number of aliphatic hydroxyl groups excluding tert-OH is 2. The SMILES string of the molecule is O=CC1=CC(O)C(O)CC1. The van der Waals surface area contributed by atoms with Crippen molar-refractivity contribution in [3.8, 4) is 0 Å². The summed E-state index contributed by atoms with van der Waals surface area (Å²) in [5.74, 6) is 0. The lowest BCUT2D eigenvalue weighted by Gasteiger charge is -2.19. The second-order valence-electron chi connectivity index (χ2n) is 2.46. The fourth-order valence-corrected chi connectivity index (χ4v) is 0.997. The van der Waals surface area contributed by atoms with E-state index in [1.54, 1.807) is 0 Å². The number of aldehydes is 1. The van der Waals surface area contributed by atoms with Crippen LogP contribution in [-0.2, 0) is 4.79 Å². The van der Waals surface area contributed by atoms with Crippen molar-refractivity contribution in [2.24, 2.45) is 0 Å². The van der Waals surface area contributed by atoms with Gasteiger partial charge in [-0.15, -0.1) is 0 Å². The molecule has 1 aliphatic carbocycles. The van der Waals surface area contributed by atoms with Crippen molar-refractivity contribution in [2.45, 2.75) is 25.0 Å². The van der Waals surface area contributed by atoms with E-state index in [0.29, 0.717) is 18.4 Å². The molecule has 0 heterocycles. The first-order chi connectivity index (χ1) is 4.74. The molecule has 2 N–H and O–H groups in total. The number of rotatable bonds is 1. The van der Waals surface area contributed by atoms with Crippen molar-refractivity contribution in [1.82, 2.24) is 0 Å². The second-order valence-corrected chi connectivity index (χ2v) is 2.46. The van der Waals surface area contributed by atoms with Gasteiger partial charge in [0.05, 0.1) is 12.2 Å². The molecular formula is C7H10O3. The highest BCUT2D eigenvalue weighted by atomic mass is 16.3. The van der Waals surface area contributed by atoms with Crippen molar-refractivity contribution in [3.05, 3.63) is 11.6 Å². The molecular weight excluding hydrogens is 132 g/mol.